The summed E-state index contributed by atoms with van der Waals surface area (Å²) >= 11 is 0. The molecule has 1 aliphatic rings. The summed E-state index contributed by atoms with van der Waals surface area (Å²) in [5.74, 6) is 0.348. The van der Waals surface area contributed by atoms with Crippen LogP contribution in [-0.2, 0) is 11.3 Å². The summed E-state index contributed by atoms with van der Waals surface area (Å²) in [6, 6.07) is 16.8. The lowest BCUT2D eigenvalue weighted by Crippen LogP contribution is -2.43. The Morgan fingerprint density at radius 1 is 1.16 bits per heavy atom. The first-order chi connectivity index (χ1) is 12.0. The normalized spacial score (nSPS) is 17.4. The highest BCUT2D eigenvalue weighted by Gasteiger charge is 2.28. The van der Waals surface area contributed by atoms with Gasteiger partial charge in [-0.2, -0.15) is 0 Å². The number of carbonyl (C=O) groups excluding carboxylic acids is 1. The second-order valence-electron chi connectivity index (χ2n) is 7.26. The number of hydrogen-bond donors (Lipinski definition) is 0. The van der Waals surface area contributed by atoms with Crippen LogP contribution in [0.5, 0.6) is 0 Å². The van der Waals surface area contributed by atoms with Crippen LogP contribution in [0.25, 0.3) is 0 Å². The molecule has 0 saturated carbocycles. The minimum absolute atomic E-state index is 0.0855. The zero-order chi connectivity index (χ0) is 17.8. The fraction of sp³-hybridized carbons (Fsp3) is 0.409. The van der Waals surface area contributed by atoms with Crippen molar-refractivity contribution in [3.05, 3.63) is 65.2 Å². The standard InChI is InChI=1S/C22H28N2O/c1-17-11-12-18(2)21(14-17)24-13-7-10-20(16-24)22(25)23(3)15-19-8-5-4-6-9-19/h4-6,8-9,11-12,14,20H,7,10,13,15-16H2,1-3H3. The van der Waals surface area contributed by atoms with Crippen molar-refractivity contribution in [3.8, 4) is 0 Å². The van der Waals surface area contributed by atoms with E-state index in [4.69, 9.17) is 0 Å². The molecule has 0 aromatic heterocycles. The van der Waals surface area contributed by atoms with Crippen molar-refractivity contribution < 1.29 is 4.79 Å². The summed E-state index contributed by atoms with van der Waals surface area (Å²) in [5.41, 5.74) is 5.02. The van der Waals surface area contributed by atoms with E-state index in [9.17, 15) is 4.79 Å². The van der Waals surface area contributed by atoms with E-state index in [0.29, 0.717) is 6.54 Å². The number of rotatable bonds is 4. The summed E-state index contributed by atoms with van der Waals surface area (Å²) in [6.45, 7) is 6.82. The number of hydrogen-bond acceptors (Lipinski definition) is 2. The number of anilines is 1. The molecule has 1 atom stereocenters. The van der Waals surface area contributed by atoms with Crippen molar-refractivity contribution in [3.63, 3.8) is 0 Å². The van der Waals surface area contributed by atoms with Crippen molar-refractivity contribution >= 4 is 11.6 Å². The molecule has 132 valence electrons. The van der Waals surface area contributed by atoms with Gasteiger partial charge >= 0.3 is 0 Å². The second kappa shape index (κ2) is 7.73. The number of piperidine rings is 1. The Balaban J connectivity index is 1.68. The molecule has 1 aliphatic heterocycles. The van der Waals surface area contributed by atoms with Crippen molar-refractivity contribution in [2.75, 3.05) is 25.0 Å². The van der Waals surface area contributed by atoms with Gasteiger partial charge < -0.3 is 9.80 Å². The van der Waals surface area contributed by atoms with Gasteiger partial charge in [0.25, 0.3) is 0 Å². The molecule has 0 aliphatic carbocycles. The zero-order valence-corrected chi connectivity index (χ0v) is 15.5. The molecular formula is C22H28N2O. The van der Waals surface area contributed by atoms with Crippen LogP contribution in [-0.4, -0.2) is 30.9 Å². The van der Waals surface area contributed by atoms with Gasteiger partial charge in [0.05, 0.1) is 5.92 Å². The van der Waals surface area contributed by atoms with Gasteiger partial charge in [-0.1, -0.05) is 42.5 Å². The van der Waals surface area contributed by atoms with Gasteiger partial charge in [0.15, 0.2) is 0 Å². The molecule has 0 radical (unpaired) electrons. The molecule has 25 heavy (non-hydrogen) atoms. The lowest BCUT2D eigenvalue weighted by Gasteiger charge is -2.36. The average Bonchev–Trinajstić information content (AvgIpc) is 2.64. The van der Waals surface area contributed by atoms with Gasteiger partial charge in [-0.05, 0) is 49.4 Å². The maximum absolute atomic E-state index is 12.9. The average molecular weight is 336 g/mol. The van der Waals surface area contributed by atoms with E-state index < -0.39 is 0 Å². The molecule has 3 rings (SSSR count). The highest BCUT2D eigenvalue weighted by Crippen LogP contribution is 2.28. The molecule has 1 heterocycles. The summed E-state index contributed by atoms with van der Waals surface area (Å²) in [5, 5.41) is 0. The Hall–Kier alpha value is -2.29. The minimum atomic E-state index is 0.0855. The fourth-order valence-corrected chi connectivity index (χ4v) is 3.70. The second-order valence-corrected chi connectivity index (χ2v) is 7.26. The Kier molecular flexibility index (Phi) is 5.42. The van der Waals surface area contributed by atoms with Crippen molar-refractivity contribution in [2.45, 2.75) is 33.2 Å². The smallest absolute Gasteiger partial charge is 0.227 e. The van der Waals surface area contributed by atoms with Gasteiger partial charge in [0.2, 0.25) is 5.91 Å². The molecule has 1 saturated heterocycles. The van der Waals surface area contributed by atoms with Crippen molar-refractivity contribution in [1.82, 2.24) is 4.90 Å². The molecule has 0 N–H and O–H groups in total. The zero-order valence-electron chi connectivity index (χ0n) is 15.5. The van der Waals surface area contributed by atoms with E-state index in [-0.39, 0.29) is 11.8 Å². The number of nitrogens with zero attached hydrogens (tertiary/aromatic N) is 2. The van der Waals surface area contributed by atoms with Gasteiger partial charge in [0, 0.05) is 32.4 Å². The van der Waals surface area contributed by atoms with E-state index in [1.54, 1.807) is 0 Å². The number of carbonyl (C=O) groups is 1. The van der Waals surface area contributed by atoms with Crippen molar-refractivity contribution in [2.24, 2.45) is 5.92 Å². The highest BCUT2D eigenvalue weighted by molar-refractivity contribution is 5.79. The van der Waals surface area contributed by atoms with Crippen LogP contribution in [0.15, 0.2) is 48.5 Å². The largest absolute Gasteiger partial charge is 0.371 e. The molecule has 1 unspecified atom stereocenters. The lowest BCUT2D eigenvalue weighted by atomic mass is 9.95. The third kappa shape index (κ3) is 4.22. The van der Waals surface area contributed by atoms with Gasteiger partial charge in [0.1, 0.15) is 0 Å². The summed E-state index contributed by atoms with van der Waals surface area (Å²) in [4.78, 5) is 17.2. The maximum Gasteiger partial charge on any atom is 0.227 e. The van der Waals surface area contributed by atoms with Crippen LogP contribution in [0, 0.1) is 19.8 Å². The fourth-order valence-electron chi connectivity index (χ4n) is 3.70. The summed E-state index contributed by atoms with van der Waals surface area (Å²) < 4.78 is 0. The predicted octanol–water partition coefficient (Wildman–Crippen LogP) is 4.18. The number of amides is 1. The number of aryl methyl sites for hydroxylation is 2. The van der Waals surface area contributed by atoms with E-state index in [1.165, 1.54) is 22.4 Å². The van der Waals surface area contributed by atoms with Crippen LogP contribution in [0.1, 0.15) is 29.5 Å². The SMILES string of the molecule is Cc1ccc(C)c(N2CCCC(C(=O)N(C)Cc3ccccc3)C2)c1. The first-order valence-electron chi connectivity index (χ1n) is 9.15. The van der Waals surface area contributed by atoms with Crippen LogP contribution >= 0.6 is 0 Å². The maximum atomic E-state index is 12.9. The van der Waals surface area contributed by atoms with Crippen LogP contribution in [0.4, 0.5) is 5.69 Å². The summed E-state index contributed by atoms with van der Waals surface area (Å²) in [6.07, 6.45) is 2.06. The molecule has 2 aromatic carbocycles. The highest BCUT2D eigenvalue weighted by atomic mass is 16.2. The number of benzene rings is 2. The molecule has 3 heteroatoms. The molecule has 1 amide bonds. The van der Waals surface area contributed by atoms with Gasteiger partial charge in [-0.25, -0.2) is 0 Å². The van der Waals surface area contributed by atoms with Crippen LogP contribution in [0.2, 0.25) is 0 Å². The minimum Gasteiger partial charge on any atom is -0.371 e. The van der Waals surface area contributed by atoms with Gasteiger partial charge in [-0.15, -0.1) is 0 Å². The molecule has 0 spiro atoms. The molecular weight excluding hydrogens is 308 g/mol. The van der Waals surface area contributed by atoms with Crippen LogP contribution in [0.3, 0.4) is 0 Å². The predicted molar refractivity (Wildman–Crippen MR) is 104 cm³/mol. The van der Waals surface area contributed by atoms with E-state index in [1.807, 2.05) is 30.1 Å². The van der Waals surface area contributed by atoms with E-state index in [0.717, 1.165) is 25.9 Å². The Morgan fingerprint density at radius 3 is 2.68 bits per heavy atom. The van der Waals surface area contributed by atoms with Gasteiger partial charge in [-0.3, -0.25) is 4.79 Å². The van der Waals surface area contributed by atoms with Crippen LogP contribution < -0.4 is 4.90 Å². The Morgan fingerprint density at radius 2 is 1.92 bits per heavy atom. The Bertz CT molecular complexity index is 726. The first kappa shape index (κ1) is 17.5. The molecule has 2 aromatic rings. The lowest BCUT2D eigenvalue weighted by molar-refractivity contribution is -0.135. The van der Waals surface area contributed by atoms with E-state index >= 15 is 0 Å². The topological polar surface area (TPSA) is 23.6 Å². The van der Waals surface area contributed by atoms with E-state index in [2.05, 4.69) is 49.1 Å². The monoisotopic (exact) mass is 336 g/mol. The molecule has 3 nitrogen and oxygen atoms in total. The van der Waals surface area contributed by atoms with Crippen molar-refractivity contribution in [1.29, 1.82) is 0 Å². The summed E-state index contributed by atoms with van der Waals surface area (Å²) in [7, 11) is 1.92. The quantitative estimate of drug-likeness (QED) is 0.836. The Labute approximate surface area is 151 Å². The molecule has 1 fully saturated rings. The first-order valence-corrected chi connectivity index (χ1v) is 9.15. The third-order valence-electron chi connectivity index (χ3n) is 5.11. The third-order valence-corrected chi connectivity index (χ3v) is 5.11. The molecule has 0 bridgehead atoms.